The number of aryl methyl sites for hydroxylation is 2. The second-order valence-electron chi connectivity index (χ2n) is 4.48. The number of hydrogen-bond acceptors (Lipinski definition) is 3. The summed E-state index contributed by atoms with van der Waals surface area (Å²) in [6, 6.07) is 6.02. The summed E-state index contributed by atoms with van der Waals surface area (Å²) in [6.45, 7) is 6.75. The molecular formula is C14H23NO2. The summed E-state index contributed by atoms with van der Waals surface area (Å²) in [5.74, 6) is 0. The van der Waals surface area contributed by atoms with Crippen LogP contribution in [0.15, 0.2) is 18.2 Å². The Hall–Kier alpha value is -0.900. The molecule has 17 heavy (non-hydrogen) atoms. The average molecular weight is 237 g/mol. The quantitative estimate of drug-likeness (QED) is 0.706. The predicted molar refractivity (Wildman–Crippen MR) is 70.0 cm³/mol. The van der Waals surface area contributed by atoms with Crippen LogP contribution in [-0.2, 0) is 0 Å². The summed E-state index contributed by atoms with van der Waals surface area (Å²) in [5.41, 5.74) is 3.36. The van der Waals surface area contributed by atoms with Crippen LogP contribution in [0.1, 0.15) is 36.1 Å². The second kappa shape index (κ2) is 6.74. The molecule has 0 bridgehead atoms. The van der Waals surface area contributed by atoms with Crippen LogP contribution in [0.3, 0.4) is 0 Å². The average Bonchev–Trinajstić information content (AvgIpc) is 2.33. The number of nitrogens with one attached hydrogen (secondary N) is 1. The lowest BCUT2D eigenvalue weighted by Crippen LogP contribution is -2.36. The van der Waals surface area contributed by atoms with Crippen LogP contribution < -0.4 is 5.32 Å². The van der Waals surface area contributed by atoms with Gasteiger partial charge in [0.15, 0.2) is 0 Å². The summed E-state index contributed by atoms with van der Waals surface area (Å²) >= 11 is 0. The summed E-state index contributed by atoms with van der Waals surface area (Å²) < 4.78 is 0. The van der Waals surface area contributed by atoms with E-state index >= 15 is 0 Å². The Balaban J connectivity index is 2.78. The lowest BCUT2D eigenvalue weighted by molar-refractivity contribution is 0.122. The van der Waals surface area contributed by atoms with Crippen molar-refractivity contribution in [3.8, 4) is 0 Å². The molecule has 2 unspecified atom stereocenters. The van der Waals surface area contributed by atoms with E-state index in [9.17, 15) is 5.11 Å². The third-order valence-corrected chi connectivity index (χ3v) is 3.21. The Kier molecular flexibility index (Phi) is 5.62. The van der Waals surface area contributed by atoms with Crippen molar-refractivity contribution in [2.75, 3.05) is 13.2 Å². The molecule has 0 saturated carbocycles. The van der Waals surface area contributed by atoms with Crippen LogP contribution in [-0.4, -0.2) is 29.4 Å². The van der Waals surface area contributed by atoms with Gasteiger partial charge in [-0.05, 0) is 37.0 Å². The Morgan fingerprint density at radius 3 is 2.47 bits per heavy atom. The van der Waals surface area contributed by atoms with Crippen molar-refractivity contribution in [3.05, 3.63) is 34.9 Å². The third-order valence-electron chi connectivity index (χ3n) is 3.21. The lowest BCUT2D eigenvalue weighted by Gasteiger charge is -2.23. The van der Waals surface area contributed by atoms with Gasteiger partial charge in [0.25, 0.3) is 0 Å². The van der Waals surface area contributed by atoms with Crippen molar-refractivity contribution in [2.24, 2.45) is 0 Å². The maximum atomic E-state index is 10.3. The van der Waals surface area contributed by atoms with Crippen LogP contribution in [0, 0.1) is 13.8 Å². The highest BCUT2D eigenvalue weighted by atomic mass is 16.3. The maximum absolute atomic E-state index is 10.3. The van der Waals surface area contributed by atoms with Gasteiger partial charge in [-0.25, -0.2) is 0 Å². The van der Waals surface area contributed by atoms with Gasteiger partial charge in [-0.2, -0.15) is 0 Å². The molecule has 0 heterocycles. The van der Waals surface area contributed by atoms with Gasteiger partial charge in [0.2, 0.25) is 0 Å². The molecule has 0 aliphatic rings. The molecule has 0 aromatic heterocycles. The van der Waals surface area contributed by atoms with E-state index in [1.165, 1.54) is 11.1 Å². The van der Waals surface area contributed by atoms with E-state index in [1.54, 1.807) is 0 Å². The first kappa shape index (κ1) is 14.2. The number of hydrogen-bond donors (Lipinski definition) is 3. The summed E-state index contributed by atoms with van der Waals surface area (Å²) in [7, 11) is 0. The van der Waals surface area contributed by atoms with Crippen molar-refractivity contribution >= 4 is 0 Å². The molecule has 1 aromatic carbocycles. The van der Waals surface area contributed by atoms with E-state index < -0.39 is 6.10 Å². The van der Waals surface area contributed by atoms with Crippen LogP contribution in [0.25, 0.3) is 0 Å². The highest BCUT2D eigenvalue weighted by Crippen LogP contribution is 2.21. The highest BCUT2D eigenvalue weighted by Gasteiger charge is 2.18. The molecular weight excluding hydrogens is 214 g/mol. The van der Waals surface area contributed by atoms with E-state index in [-0.39, 0.29) is 12.6 Å². The molecule has 96 valence electrons. The number of aliphatic hydroxyl groups is 2. The fourth-order valence-corrected chi connectivity index (χ4v) is 1.91. The van der Waals surface area contributed by atoms with Crippen molar-refractivity contribution in [1.29, 1.82) is 0 Å². The molecule has 3 heteroatoms. The first-order valence-electron chi connectivity index (χ1n) is 6.19. The molecule has 0 spiro atoms. The zero-order chi connectivity index (χ0) is 12.8. The Morgan fingerprint density at radius 1 is 1.24 bits per heavy atom. The van der Waals surface area contributed by atoms with Gasteiger partial charge in [-0.3, -0.25) is 0 Å². The monoisotopic (exact) mass is 237 g/mol. The molecule has 0 amide bonds. The summed E-state index contributed by atoms with van der Waals surface area (Å²) in [5, 5.41) is 22.2. The van der Waals surface area contributed by atoms with Gasteiger partial charge >= 0.3 is 0 Å². The number of aliphatic hydroxyl groups excluding tert-OH is 2. The topological polar surface area (TPSA) is 52.5 Å². The standard InChI is InChI=1S/C14H23NO2/c1-4-13(15-7-8-16)14(17)12-6-5-10(2)11(3)9-12/h5-6,9,13-17H,4,7-8H2,1-3H3. The van der Waals surface area contributed by atoms with Crippen LogP contribution in [0.5, 0.6) is 0 Å². The van der Waals surface area contributed by atoms with Gasteiger partial charge in [0.05, 0.1) is 12.7 Å². The molecule has 3 N–H and O–H groups in total. The molecule has 1 aromatic rings. The summed E-state index contributed by atoms with van der Waals surface area (Å²) in [4.78, 5) is 0. The van der Waals surface area contributed by atoms with E-state index in [4.69, 9.17) is 5.11 Å². The molecule has 0 fully saturated rings. The van der Waals surface area contributed by atoms with Gasteiger partial charge in [0.1, 0.15) is 0 Å². The minimum Gasteiger partial charge on any atom is -0.395 e. The Bertz CT molecular complexity index is 352. The minimum absolute atomic E-state index is 0.00995. The van der Waals surface area contributed by atoms with Crippen molar-refractivity contribution in [2.45, 2.75) is 39.3 Å². The van der Waals surface area contributed by atoms with E-state index in [1.807, 2.05) is 32.0 Å². The van der Waals surface area contributed by atoms with Crippen molar-refractivity contribution in [1.82, 2.24) is 5.32 Å². The third kappa shape index (κ3) is 3.80. The fourth-order valence-electron chi connectivity index (χ4n) is 1.91. The first-order chi connectivity index (χ1) is 8.10. The molecule has 0 aliphatic carbocycles. The van der Waals surface area contributed by atoms with Gasteiger partial charge < -0.3 is 15.5 Å². The first-order valence-corrected chi connectivity index (χ1v) is 6.19. The maximum Gasteiger partial charge on any atom is 0.0942 e. The minimum atomic E-state index is -0.522. The largest absolute Gasteiger partial charge is 0.395 e. The van der Waals surface area contributed by atoms with Crippen LogP contribution in [0.4, 0.5) is 0 Å². The van der Waals surface area contributed by atoms with Gasteiger partial charge in [0, 0.05) is 12.6 Å². The lowest BCUT2D eigenvalue weighted by atomic mass is 9.97. The van der Waals surface area contributed by atoms with Crippen molar-refractivity contribution < 1.29 is 10.2 Å². The number of benzene rings is 1. The fraction of sp³-hybridized carbons (Fsp3) is 0.571. The SMILES string of the molecule is CCC(NCCO)C(O)c1ccc(C)c(C)c1. The summed E-state index contributed by atoms with van der Waals surface area (Å²) in [6.07, 6.45) is 0.305. The predicted octanol–water partition coefficient (Wildman–Crippen LogP) is 1.70. The van der Waals surface area contributed by atoms with Gasteiger partial charge in [-0.15, -0.1) is 0 Å². The molecule has 0 radical (unpaired) electrons. The van der Waals surface area contributed by atoms with E-state index in [2.05, 4.69) is 12.2 Å². The Morgan fingerprint density at radius 2 is 1.94 bits per heavy atom. The van der Waals surface area contributed by atoms with E-state index in [0.29, 0.717) is 6.54 Å². The number of rotatable bonds is 6. The molecule has 1 rings (SSSR count). The highest BCUT2D eigenvalue weighted by molar-refractivity contribution is 5.31. The zero-order valence-electron chi connectivity index (χ0n) is 10.9. The second-order valence-corrected chi connectivity index (χ2v) is 4.48. The van der Waals surface area contributed by atoms with Crippen LogP contribution in [0.2, 0.25) is 0 Å². The van der Waals surface area contributed by atoms with Crippen LogP contribution >= 0.6 is 0 Å². The zero-order valence-corrected chi connectivity index (χ0v) is 10.9. The molecule has 0 saturated heterocycles. The molecule has 0 aliphatic heterocycles. The van der Waals surface area contributed by atoms with Gasteiger partial charge in [-0.1, -0.05) is 25.1 Å². The normalized spacial score (nSPS) is 14.6. The Labute approximate surface area is 103 Å². The smallest absolute Gasteiger partial charge is 0.0942 e. The van der Waals surface area contributed by atoms with E-state index in [0.717, 1.165) is 12.0 Å². The van der Waals surface area contributed by atoms with Crippen molar-refractivity contribution in [3.63, 3.8) is 0 Å². The molecule has 2 atom stereocenters. The molecule has 3 nitrogen and oxygen atoms in total.